The third kappa shape index (κ3) is 12.9. The van der Waals surface area contributed by atoms with Gasteiger partial charge in [-0.1, -0.05) is 72.8 Å². The molecule has 0 radical (unpaired) electrons. The number of aromatic nitrogens is 3. The average Bonchev–Trinajstić information content (AvgIpc) is 3.55. The fourth-order valence-corrected chi connectivity index (χ4v) is 10.9. The molecular weight excluding hydrogens is 933 g/mol. The highest BCUT2D eigenvalue weighted by molar-refractivity contribution is 7.99. The Morgan fingerprint density at radius 1 is 0.894 bits per heavy atom. The number of ether oxygens (including phenoxy) is 1. The predicted octanol–water partition coefficient (Wildman–Crippen LogP) is 7.57. The number of fused-ring (bicyclic) bond motifs is 1. The molecule has 0 aliphatic carbocycles. The molecule has 0 spiro atoms. The number of sulfonamides is 1. The van der Waals surface area contributed by atoms with Crippen molar-refractivity contribution in [2.24, 2.45) is 0 Å². The maximum atomic E-state index is 13.9. The number of thioether (sulfide) groups is 1. The molecule has 3 aromatic carbocycles. The van der Waals surface area contributed by atoms with Crippen molar-refractivity contribution in [3.63, 3.8) is 0 Å². The zero-order chi connectivity index (χ0) is 46.9. The normalized spacial score (nSPS) is 18.4. The Balaban J connectivity index is 1.01. The fourth-order valence-electron chi connectivity index (χ4n) is 8.32. The third-order valence-electron chi connectivity index (χ3n) is 12.2. The maximum Gasteiger partial charge on any atom is 0.501 e. The molecule has 1 aromatic heterocycles. The SMILES string of the molecule is C=C(/C(=C\C=C(/C)S(=O)(=O)Nc1nnc2n1CCN(C1CCN(Cc3ccccc3-c3ccc(Cl)cc3)CC1)CC2)N[C@H](CCN1CCOCC1)CSc1ccccc1)S(=O)(=O)C(F)(F)F. The Hall–Kier alpha value is -4.21. The molecule has 13 nitrogen and oxygen atoms in total. The summed E-state index contributed by atoms with van der Waals surface area (Å²) in [5.74, 6) is 1.01. The summed E-state index contributed by atoms with van der Waals surface area (Å²) >= 11 is 7.60. The van der Waals surface area contributed by atoms with E-state index in [0.717, 1.165) is 61.6 Å². The predicted molar refractivity (Wildman–Crippen MR) is 255 cm³/mol. The number of morpholine rings is 1. The van der Waals surface area contributed by atoms with Crippen LogP contribution in [0.15, 0.2) is 118 Å². The number of benzene rings is 3. The highest BCUT2D eigenvalue weighted by Gasteiger charge is 2.48. The molecule has 4 aromatic rings. The van der Waals surface area contributed by atoms with E-state index in [4.69, 9.17) is 16.3 Å². The van der Waals surface area contributed by atoms with Gasteiger partial charge in [0, 0.05) is 80.0 Å². The number of halogens is 4. The molecule has 20 heteroatoms. The van der Waals surface area contributed by atoms with Gasteiger partial charge in [0.25, 0.3) is 19.9 Å². The second kappa shape index (κ2) is 22.3. The van der Waals surface area contributed by atoms with Gasteiger partial charge >= 0.3 is 5.51 Å². The number of hydrogen-bond donors (Lipinski definition) is 2. The first-order valence-electron chi connectivity index (χ1n) is 22.0. The van der Waals surface area contributed by atoms with Crippen LogP contribution in [0.3, 0.4) is 0 Å². The van der Waals surface area contributed by atoms with E-state index in [1.165, 1.54) is 29.8 Å². The van der Waals surface area contributed by atoms with E-state index in [9.17, 15) is 30.0 Å². The summed E-state index contributed by atoms with van der Waals surface area (Å²) < 4.78 is 105. The molecule has 356 valence electrons. The number of alkyl halides is 3. The van der Waals surface area contributed by atoms with E-state index in [-0.39, 0.29) is 10.9 Å². The van der Waals surface area contributed by atoms with E-state index < -0.39 is 42.0 Å². The lowest BCUT2D eigenvalue weighted by molar-refractivity contribution is -0.0426. The number of hydrogen-bond acceptors (Lipinski definition) is 12. The molecule has 2 fully saturated rings. The van der Waals surface area contributed by atoms with Gasteiger partial charge in [0.15, 0.2) is 0 Å². The van der Waals surface area contributed by atoms with Crippen LogP contribution in [0, 0.1) is 0 Å². The smallest absolute Gasteiger partial charge is 0.380 e. The summed E-state index contributed by atoms with van der Waals surface area (Å²) in [6.45, 7) is 12.2. The minimum absolute atomic E-state index is 0.0151. The first-order valence-corrected chi connectivity index (χ1v) is 26.3. The number of rotatable bonds is 18. The Bertz CT molecular complexity index is 2560. The van der Waals surface area contributed by atoms with Gasteiger partial charge in [0.05, 0.1) is 28.7 Å². The van der Waals surface area contributed by atoms with E-state index in [1.54, 1.807) is 4.57 Å². The number of nitrogens with one attached hydrogen (secondary N) is 2. The van der Waals surface area contributed by atoms with Crippen molar-refractivity contribution in [3.8, 4) is 11.1 Å². The van der Waals surface area contributed by atoms with Gasteiger partial charge in [0.1, 0.15) is 5.82 Å². The first kappa shape index (κ1) is 49.7. The van der Waals surface area contributed by atoms with Gasteiger partial charge < -0.3 is 10.1 Å². The quantitative estimate of drug-likeness (QED) is 0.0751. The molecule has 0 bridgehead atoms. The van der Waals surface area contributed by atoms with Crippen molar-refractivity contribution >= 4 is 49.2 Å². The number of likely N-dealkylation sites (tertiary alicyclic amines) is 1. The van der Waals surface area contributed by atoms with Crippen molar-refractivity contribution in [2.45, 2.75) is 68.2 Å². The Labute approximate surface area is 395 Å². The summed E-state index contributed by atoms with van der Waals surface area (Å²) in [6, 6.07) is 25.6. The van der Waals surface area contributed by atoms with Crippen molar-refractivity contribution in [1.29, 1.82) is 0 Å². The maximum absolute atomic E-state index is 13.9. The lowest BCUT2D eigenvalue weighted by Gasteiger charge is -2.38. The molecule has 0 saturated carbocycles. The molecule has 3 aliphatic heterocycles. The Morgan fingerprint density at radius 2 is 1.59 bits per heavy atom. The second-order valence-electron chi connectivity index (χ2n) is 16.6. The summed E-state index contributed by atoms with van der Waals surface area (Å²) in [5.41, 5.74) is -2.52. The van der Waals surface area contributed by atoms with Crippen LogP contribution in [0.5, 0.6) is 0 Å². The highest BCUT2D eigenvalue weighted by atomic mass is 35.5. The molecule has 4 heterocycles. The van der Waals surface area contributed by atoms with Crippen molar-refractivity contribution in [2.75, 3.05) is 69.5 Å². The van der Waals surface area contributed by atoms with Gasteiger partial charge in [-0.05, 0) is 92.4 Å². The average molecular weight is 990 g/mol. The molecule has 2 N–H and O–H groups in total. The van der Waals surface area contributed by atoms with Crippen LogP contribution < -0.4 is 10.0 Å². The van der Waals surface area contributed by atoms with Crippen LogP contribution in [0.25, 0.3) is 11.1 Å². The van der Waals surface area contributed by atoms with E-state index in [2.05, 4.69) is 65.8 Å². The molecule has 0 unspecified atom stereocenters. The van der Waals surface area contributed by atoms with Gasteiger partial charge in [-0.3, -0.25) is 19.3 Å². The minimum Gasteiger partial charge on any atom is -0.380 e. The summed E-state index contributed by atoms with van der Waals surface area (Å²) in [5, 5.41) is 12.2. The number of anilines is 1. The number of allylic oxidation sites excluding steroid dienone is 3. The highest BCUT2D eigenvalue weighted by Crippen LogP contribution is 2.33. The van der Waals surface area contributed by atoms with Crippen LogP contribution >= 0.6 is 23.4 Å². The van der Waals surface area contributed by atoms with Crippen molar-refractivity contribution in [3.05, 3.63) is 130 Å². The molecule has 7 rings (SSSR count). The van der Waals surface area contributed by atoms with E-state index in [1.807, 2.05) is 54.6 Å². The standard InChI is InChI=1S/C46H56ClF3N8O5S3/c1-34(12-17-43(35(2)65(59,60)46(48,49)50)51-39(18-22-55-28-30-63-31-29-55)33-64-41-9-4-3-5-10-41)66(61,62)54-45-53-52-44-21-25-57(26-27-58(44)45)40-19-23-56(24-20-40)32-37-8-6-7-11-42(37)36-13-15-38(47)16-14-36/h3-17,39-40,51H,2,18-33H2,1H3,(H,53,54)/b34-12+,43-17+/t39-/m1/s1. The summed E-state index contributed by atoms with van der Waals surface area (Å²) in [7, 11) is -10.2. The molecule has 1 atom stereocenters. The molecule has 3 aliphatic rings. The zero-order valence-corrected chi connectivity index (χ0v) is 40.0. The van der Waals surface area contributed by atoms with Gasteiger partial charge in [-0.25, -0.2) is 21.6 Å². The van der Waals surface area contributed by atoms with Crippen LogP contribution in [0.2, 0.25) is 5.02 Å². The molecule has 0 amide bonds. The summed E-state index contributed by atoms with van der Waals surface area (Å²) in [4.78, 5) is 6.48. The minimum atomic E-state index is -5.89. The molecule has 66 heavy (non-hydrogen) atoms. The van der Waals surface area contributed by atoms with Gasteiger partial charge in [-0.2, -0.15) is 13.2 Å². The van der Waals surface area contributed by atoms with E-state index >= 15 is 0 Å². The van der Waals surface area contributed by atoms with Crippen molar-refractivity contribution < 1.29 is 34.7 Å². The zero-order valence-electron chi connectivity index (χ0n) is 36.8. The Morgan fingerprint density at radius 3 is 2.30 bits per heavy atom. The first-order chi connectivity index (χ1) is 31.6. The van der Waals surface area contributed by atoms with Crippen LogP contribution in [0.1, 0.15) is 37.6 Å². The molecule has 2 saturated heterocycles. The van der Waals surface area contributed by atoms with Crippen LogP contribution in [-0.2, 0) is 44.1 Å². The van der Waals surface area contributed by atoms with Gasteiger partial charge in [-0.15, -0.1) is 22.0 Å². The lowest BCUT2D eigenvalue weighted by atomic mass is 9.97. The van der Waals surface area contributed by atoms with Crippen molar-refractivity contribution in [1.82, 2.24) is 34.8 Å². The number of sulfone groups is 1. The van der Waals surface area contributed by atoms with E-state index in [0.29, 0.717) is 81.4 Å². The number of piperidine rings is 1. The largest absolute Gasteiger partial charge is 0.501 e. The summed E-state index contributed by atoms with van der Waals surface area (Å²) in [6.07, 6.45) is 5.05. The molecular formula is C46H56ClF3N8O5S3. The lowest BCUT2D eigenvalue weighted by Crippen LogP contribution is -2.45. The number of nitrogens with zero attached hydrogens (tertiary/aromatic N) is 6. The van der Waals surface area contributed by atoms with Gasteiger partial charge in [0.2, 0.25) is 5.95 Å². The second-order valence-corrected chi connectivity index (χ2v) is 21.9. The third-order valence-corrected chi connectivity index (χ3v) is 16.6. The fraction of sp³-hybridized carbons (Fsp3) is 0.435. The monoisotopic (exact) mass is 988 g/mol. The topological polar surface area (TPSA) is 142 Å². The van der Waals surface area contributed by atoms with Crippen LogP contribution in [-0.4, -0.2) is 129 Å². The Kier molecular flexibility index (Phi) is 16.8. The van der Waals surface area contributed by atoms with Crippen LogP contribution in [0.4, 0.5) is 19.1 Å².